The van der Waals surface area contributed by atoms with Gasteiger partial charge in [-0.05, 0) is 18.2 Å². The SMILES string of the molecule is CN(C)C(=O)c1ccc(O)cc1C(=O)N(C)C. The third-order valence-electron chi connectivity index (χ3n) is 2.28. The fourth-order valence-corrected chi connectivity index (χ4v) is 1.38. The van der Waals surface area contributed by atoms with Crippen molar-refractivity contribution in [3.05, 3.63) is 29.3 Å². The molecule has 92 valence electrons. The number of carbonyl (C=O) groups is 2. The van der Waals surface area contributed by atoms with Crippen LogP contribution in [0.1, 0.15) is 20.7 Å². The lowest BCUT2D eigenvalue weighted by Gasteiger charge is -2.16. The zero-order valence-electron chi connectivity index (χ0n) is 10.4. The van der Waals surface area contributed by atoms with Crippen LogP contribution in [-0.4, -0.2) is 54.9 Å². The molecule has 17 heavy (non-hydrogen) atoms. The Hall–Kier alpha value is -2.04. The van der Waals surface area contributed by atoms with E-state index in [4.69, 9.17) is 0 Å². The summed E-state index contributed by atoms with van der Waals surface area (Å²) in [4.78, 5) is 26.5. The summed E-state index contributed by atoms with van der Waals surface area (Å²) in [6.45, 7) is 0. The van der Waals surface area contributed by atoms with Gasteiger partial charge in [-0.25, -0.2) is 0 Å². The molecule has 0 aliphatic rings. The molecule has 1 rings (SSSR count). The van der Waals surface area contributed by atoms with E-state index >= 15 is 0 Å². The summed E-state index contributed by atoms with van der Waals surface area (Å²) < 4.78 is 0. The molecular formula is C12H16N2O3. The van der Waals surface area contributed by atoms with Crippen LogP contribution in [0.15, 0.2) is 18.2 Å². The summed E-state index contributed by atoms with van der Waals surface area (Å²) in [5.41, 5.74) is 0.486. The van der Waals surface area contributed by atoms with Gasteiger partial charge in [0.2, 0.25) is 0 Å². The zero-order valence-corrected chi connectivity index (χ0v) is 10.4. The first-order chi connectivity index (χ1) is 7.84. The summed E-state index contributed by atoms with van der Waals surface area (Å²) in [6, 6.07) is 4.15. The van der Waals surface area contributed by atoms with Crippen molar-refractivity contribution in [3.63, 3.8) is 0 Å². The smallest absolute Gasteiger partial charge is 0.254 e. The van der Waals surface area contributed by atoms with E-state index in [1.165, 1.54) is 28.0 Å². The van der Waals surface area contributed by atoms with Crippen molar-refractivity contribution in [2.24, 2.45) is 0 Å². The standard InChI is InChI=1S/C12H16N2O3/c1-13(2)11(16)9-6-5-8(15)7-10(9)12(17)14(3)4/h5-7,15H,1-4H3. The number of hydrogen-bond acceptors (Lipinski definition) is 3. The number of nitrogens with zero attached hydrogens (tertiary/aromatic N) is 2. The predicted octanol–water partition coefficient (Wildman–Crippen LogP) is 0.796. The highest BCUT2D eigenvalue weighted by atomic mass is 16.3. The van der Waals surface area contributed by atoms with E-state index in [-0.39, 0.29) is 28.7 Å². The average molecular weight is 236 g/mol. The molecule has 0 fully saturated rings. The van der Waals surface area contributed by atoms with Gasteiger partial charge in [0, 0.05) is 28.2 Å². The van der Waals surface area contributed by atoms with Crippen molar-refractivity contribution >= 4 is 11.8 Å². The van der Waals surface area contributed by atoms with Crippen molar-refractivity contribution in [2.75, 3.05) is 28.2 Å². The van der Waals surface area contributed by atoms with E-state index in [1.807, 2.05) is 0 Å². The second-order valence-electron chi connectivity index (χ2n) is 4.13. The van der Waals surface area contributed by atoms with Gasteiger partial charge < -0.3 is 14.9 Å². The third-order valence-corrected chi connectivity index (χ3v) is 2.28. The molecule has 0 saturated heterocycles. The fraction of sp³-hybridized carbons (Fsp3) is 0.333. The minimum Gasteiger partial charge on any atom is -0.508 e. The van der Waals surface area contributed by atoms with Gasteiger partial charge in [-0.1, -0.05) is 0 Å². The Bertz CT molecular complexity index is 453. The summed E-state index contributed by atoms with van der Waals surface area (Å²) >= 11 is 0. The lowest BCUT2D eigenvalue weighted by Crippen LogP contribution is -2.28. The van der Waals surface area contributed by atoms with E-state index in [1.54, 1.807) is 28.2 Å². The van der Waals surface area contributed by atoms with Crippen LogP contribution in [0.3, 0.4) is 0 Å². The van der Waals surface area contributed by atoms with E-state index in [0.717, 1.165) is 0 Å². The fourth-order valence-electron chi connectivity index (χ4n) is 1.38. The van der Waals surface area contributed by atoms with Crippen molar-refractivity contribution in [1.29, 1.82) is 0 Å². The van der Waals surface area contributed by atoms with Gasteiger partial charge in [0.25, 0.3) is 11.8 Å². The number of amides is 2. The number of phenols is 1. The van der Waals surface area contributed by atoms with Gasteiger partial charge in [-0.2, -0.15) is 0 Å². The zero-order chi connectivity index (χ0) is 13.2. The molecule has 0 aliphatic carbocycles. The molecule has 0 unspecified atom stereocenters. The van der Waals surface area contributed by atoms with Gasteiger partial charge in [0.1, 0.15) is 5.75 Å². The number of rotatable bonds is 2. The highest BCUT2D eigenvalue weighted by Gasteiger charge is 2.20. The first kappa shape index (κ1) is 13.0. The van der Waals surface area contributed by atoms with Crippen LogP contribution in [0.25, 0.3) is 0 Å². The minimum absolute atomic E-state index is 0.0366. The topological polar surface area (TPSA) is 60.9 Å². The highest BCUT2D eigenvalue weighted by molar-refractivity contribution is 6.07. The van der Waals surface area contributed by atoms with E-state index in [9.17, 15) is 14.7 Å². The van der Waals surface area contributed by atoms with Crippen LogP contribution in [0.4, 0.5) is 0 Å². The molecule has 1 N–H and O–H groups in total. The number of phenolic OH excluding ortho intramolecular Hbond substituents is 1. The highest BCUT2D eigenvalue weighted by Crippen LogP contribution is 2.19. The Morgan fingerprint density at radius 3 is 1.88 bits per heavy atom. The summed E-state index contributed by atoms with van der Waals surface area (Å²) in [5, 5.41) is 9.39. The maximum Gasteiger partial charge on any atom is 0.254 e. The Morgan fingerprint density at radius 1 is 0.941 bits per heavy atom. The van der Waals surface area contributed by atoms with E-state index < -0.39 is 0 Å². The molecule has 0 atom stereocenters. The van der Waals surface area contributed by atoms with Crippen molar-refractivity contribution in [1.82, 2.24) is 9.80 Å². The van der Waals surface area contributed by atoms with Crippen LogP contribution < -0.4 is 0 Å². The van der Waals surface area contributed by atoms with E-state index in [2.05, 4.69) is 0 Å². The average Bonchev–Trinajstić information content (AvgIpc) is 2.26. The lowest BCUT2D eigenvalue weighted by molar-refractivity contribution is 0.0790. The summed E-state index contributed by atoms with van der Waals surface area (Å²) in [7, 11) is 6.41. The number of carbonyl (C=O) groups excluding carboxylic acids is 2. The maximum absolute atomic E-state index is 11.9. The molecule has 0 radical (unpaired) electrons. The first-order valence-electron chi connectivity index (χ1n) is 5.11. The lowest BCUT2D eigenvalue weighted by atomic mass is 10.0. The molecule has 0 aromatic heterocycles. The van der Waals surface area contributed by atoms with E-state index in [0.29, 0.717) is 0 Å². The number of aromatic hydroxyl groups is 1. The molecule has 0 bridgehead atoms. The quantitative estimate of drug-likeness (QED) is 0.826. The Morgan fingerprint density at radius 2 is 1.41 bits per heavy atom. The van der Waals surface area contributed by atoms with Gasteiger partial charge in [0.15, 0.2) is 0 Å². The molecule has 0 saturated carbocycles. The molecule has 5 nitrogen and oxygen atoms in total. The Labute approximate surface area is 100 Å². The minimum atomic E-state index is -0.314. The molecule has 5 heteroatoms. The van der Waals surface area contributed by atoms with Gasteiger partial charge >= 0.3 is 0 Å². The van der Waals surface area contributed by atoms with Crippen LogP contribution in [0.5, 0.6) is 5.75 Å². The van der Waals surface area contributed by atoms with Gasteiger partial charge in [-0.3, -0.25) is 9.59 Å². The van der Waals surface area contributed by atoms with Crippen LogP contribution in [0.2, 0.25) is 0 Å². The Kier molecular flexibility index (Phi) is 3.73. The normalized spacial score (nSPS) is 9.88. The number of benzene rings is 1. The van der Waals surface area contributed by atoms with Gasteiger partial charge in [-0.15, -0.1) is 0 Å². The molecule has 0 heterocycles. The first-order valence-corrected chi connectivity index (χ1v) is 5.11. The van der Waals surface area contributed by atoms with Crippen LogP contribution in [-0.2, 0) is 0 Å². The molecule has 1 aromatic carbocycles. The summed E-state index contributed by atoms with van der Waals surface area (Å²) in [5.74, 6) is -0.619. The Balaban J connectivity index is 3.31. The second-order valence-corrected chi connectivity index (χ2v) is 4.13. The van der Waals surface area contributed by atoms with Crippen molar-refractivity contribution in [3.8, 4) is 5.75 Å². The van der Waals surface area contributed by atoms with Crippen LogP contribution in [0, 0.1) is 0 Å². The number of hydrogen-bond donors (Lipinski definition) is 1. The van der Waals surface area contributed by atoms with Crippen LogP contribution >= 0.6 is 0 Å². The maximum atomic E-state index is 11.9. The van der Waals surface area contributed by atoms with Gasteiger partial charge in [0.05, 0.1) is 11.1 Å². The monoisotopic (exact) mass is 236 g/mol. The van der Waals surface area contributed by atoms with Crippen molar-refractivity contribution < 1.29 is 14.7 Å². The predicted molar refractivity (Wildman–Crippen MR) is 64.1 cm³/mol. The molecule has 0 spiro atoms. The van der Waals surface area contributed by atoms with Crippen molar-refractivity contribution in [2.45, 2.75) is 0 Å². The third kappa shape index (κ3) is 2.75. The molecule has 0 aliphatic heterocycles. The second kappa shape index (κ2) is 4.86. The molecule has 1 aromatic rings. The summed E-state index contributed by atoms with van der Waals surface area (Å²) in [6.07, 6.45) is 0. The molecular weight excluding hydrogens is 220 g/mol. The largest absolute Gasteiger partial charge is 0.508 e. The molecule has 2 amide bonds.